The van der Waals surface area contributed by atoms with Gasteiger partial charge in [-0.2, -0.15) is 4.31 Å². The van der Waals surface area contributed by atoms with E-state index in [0.29, 0.717) is 6.42 Å². The highest BCUT2D eigenvalue weighted by atomic mass is 32.2. The van der Waals surface area contributed by atoms with Crippen LogP contribution in [0.15, 0.2) is 0 Å². The molecule has 0 spiro atoms. The summed E-state index contributed by atoms with van der Waals surface area (Å²) >= 11 is 0. The van der Waals surface area contributed by atoms with Gasteiger partial charge in [-0.25, -0.2) is 16.8 Å². The lowest BCUT2D eigenvalue weighted by Crippen LogP contribution is -2.55. The maximum atomic E-state index is 12.6. The fourth-order valence-electron chi connectivity index (χ4n) is 3.12. The summed E-state index contributed by atoms with van der Waals surface area (Å²) < 4.78 is 49.2. The van der Waals surface area contributed by atoms with Gasteiger partial charge in [0.05, 0.1) is 16.8 Å². The molecule has 0 bridgehead atoms. The third kappa shape index (κ3) is 2.35. The summed E-state index contributed by atoms with van der Waals surface area (Å²) in [5, 5.41) is 8.41. The first kappa shape index (κ1) is 15.7. The van der Waals surface area contributed by atoms with Crippen LogP contribution in [0.4, 0.5) is 0 Å². The summed E-state index contributed by atoms with van der Waals surface area (Å²) in [6.07, 6.45) is 0.998. The molecule has 2 unspecified atom stereocenters. The van der Waals surface area contributed by atoms with E-state index in [1.807, 2.05) is 0 Å². The topological polar surface area (TPSA) is 109 Å². The summed E-state index contributed by atoms with van der Waals surface area (Å²) in [7, 11) is -7.23. The van der Waals surface area contributed by atoms with Crippen molar-refractivity contribution in [3.8, 4) is 0 Å². The second kappa shape index (κ2) is 4.96. The van der Waals surface area contributed by atoms with E-state index in [4.69, 9.17) is 0 Å². The second-order valence-electron chi connectivity index (χ2n) is 5.44. The van der Waals surface area contributed by atoms with Gasteiger partial charge in [-0.15, -0.1) is 0 Å². The number of sulfonamides is 1. The molecule has 9 heteroatoms. The van der Waals surface area contributed by atoms with Crippen LogP contribution in [0.25, 0.3) is 0 Å². The van der Waals surface area contributed by atoms with Crippen molar-refractivity contribution in [2.45, 2.75) is 43.4 Å². The van der Waals surface area contributed by atoms with Crippen LogP contribution in [0.1, 0.15) is 32.6 Å². The van der Waals surface area contributed by atoms with E-state index >= 15 is 0 Å². The zero-order valence-electron chi connectivity index (χ0n) is 11.3. The first-order chi connectivity index (χ1) is 9.16. The van der Waals surface area contributed by atoms with Crippen molar-refractivity contribution in [1.29, 1.82) is 0 Å². The molecule has 116 valence electrons. The number of carboxylic acid groups (broad SMARTS) is 1. The Morgan fingerprint density at radius 1 is 1.45 bits per heavy atom. The lowest BCUT2D eigenvalue weighted by atomic mass is 9.95. The number of nitrogens with zero attached hydrogens (tertiary/aromatic N) is 1. The Bertz CT molecular complexity index is 611. The van der Waals surface area contributed by atoms with Gasteiger partial charge in [-0.05, 0) is 25.7 Å². The minimum atomic E-state index is -3.90. The molecule has 0 aromatic rings. The van der Waals surface area contributed by atoms with Crippen molar-refractivity contribution in [3.05, 3.63) is 0 Å². The molecule has 2 aliphatic rings. The monoisotopic (exact) mass is 325 g/mol. The highest BCUT2D eigenvalue weighted by Gasteiger charge is 2.54. The molecule has 7 nitrogen and oxygen atoms in total. The summed E-state index contributed by atoms with van der Waals surface area (Å²) in [5.41, 5.74) is -1.41. The molecule has 1 N–H and O–H groups in total. The van der Waals surface area contributed by atoms with Gasteiger partial charge in [0, 0.05) is 6.54 Å². The van der Waals surface area contributed by atoms with Gasteiger partial charge < -0.3 is 5.11 Å². The fourth-order valence-corrected chi connectivity index (χ4v) is 8.07. The Morgan fingerprint density at radius 3 is 2.55 bits per heavy atom. The molecule has 0 aliphatic carbocycles. The minimum absolute atomic E-state index is 0.0561. The molecule has 0 aromatic heterocycles. The zero-order valence-corrected chi connectivity index (χ0v) is 12.9. The van der Waals surface area contributed by atoms with E-state index in [2.05, 4.69) is 0 Å². The average molecular weight is 325 g/mol. The normalized spacial score (nSPS) is 34.4. The second-order valence-corrected chi connectivity index (χ2v) is 9.80. The number of rotatable bonds is 4. The van der Waals surface area contributed by atoms with Crippen LogP contribution in [0.5, 0.6) is 0 Å². The third-order valence-corrected chi connectivity index (χ3v) is 8.70. The molecule has 2 atom stereocenters. The van der Waals surface area contributed by atoms with E-state index in [1.165, 1.54) is 0 Å². The van der Waals surface area contributed by atoms with E-state index in [9.17, 15) is 26.7 Å². The molecule has 2 fully saturated rings. The molecule has 0 saturated carbocycles. The molecule has 2 heterocycles. The van der Waals surface area contributed by atoms with Crippen LogP contribution in [0, 0.1) is 0 Å². The van der Waals surface area contributed by atoms with Crippen molar-refractivity contribution in [1.82, 2.24) is 4.31 Å². The predicted octanol–water partition coefficient (Wildman–Crippen LogP) is -0.167. The first-order valence-corrected chi connectivity index (χ1v) is 9.94. The van der Waals surface area contributed by atoms with Gasteiger partial charge in [0.15, 0.2) is 9.84 Å². The van der Waals surface area contributed by atoms with Crippen LogP contribution in [0.3, 0.4) is 0 Å². The molecule has 2 rings (SSSR count). The van der Waals surface area contributed by atoms with Gasteiger partial charge in [0.25, 0.3) is 0 Å². The van der Waals surface area contributed by atoms with E-state index in [-0.39, 0.29) is 31.6 Å². The minimum Gasteiger partial charge on any atom is -0.480 e. The van der Waals surface area contributed by atoms with Crippen LogP contribution in [-0.4, -0.2) is 61.1 Å². The predicted molar refractivity (Wildman–Crippen MR) is 72.6 cm³/mol. The Hall–Kier alpha value is -0.670. The summed E-state index contributed by atoms with van der Waals surface area (Å²) in [6.45, 7) is 1.80. The lowest BCUT2D eigenvalue weighted by molar-refractivity contribution is -0.147. The molecule has 0 amide bonds. The summed E-state index contributed by atoms with van der Waals surface area (Å²) in [6, 6.07) is 0. The Morgan fingerprint density at radius 2 is 2.10 bits per heavy atom. The van der Waals surface area contributed by atoms with E-state index in [0.717, 1.165) is 4.31 Å². The average Bonchev–Trinajstić information content (AvgIpc) is 2.93. The quantitative estimate of drug-likeness (QED) is 0.769. The highest BCUT2D eigenvalue weighted by Crippen LogP contribution is 2.38. The SMILES string of the molecule is CCC1(C(=O)O)CCCN1S(=O)(=O)C1CCS(=O)(=O)C1. The molecular formula is C11H19NO6S2. The highest BCUT2D eigenvalue weighted by molar-refractivity contribution is 7.95. The van der Waals surface area contributed by atoms with Crippen molar-refractivity contribution in [2.24, 2.45) is 0 Å². The van der Waals surface area contributed by atoms with Gasteiger partial charge in [-0.3, -0.25) is 4.79 Å². The van der Waals surface area contributed by atoms with Crippen molar-refractivity contribution < 1.29 is 26.7 Å². The Labute approximate surface area is 118 Å². The van der Waals surface area contributed by atoms with Crippen LogP contribution in [-0.2, 0) is 24.7 Å². The van der Waals surface area contributed by atoms with Crippen molar-refractivity contribution in [2.75, 3.05) is 18.1 Å². The van der Waals surface area contributed by atoms with Gasteiger partial charge in [0.2, 0.25) is 10.0 Å². The molecule has 20 heavy (non-hydrogen) atoms. The molecule has 0 aromatic carbocycles. The fraction of sp³-hybridized carbons (Fsp3) is 0.909. The van der Waals surface area contributed by atoms with E-state index in [1.54, 1.807) is 6.92 Å². The standard InChI is InChI=1S/C11H19NO6S2/c1-2-11(10(13)14)5-3-6-12(11)20(17,18)9-4-7-19(15,16)8-9/h9H,2-8H2,1H3,(H,13,14). The number of aliphatic carboxylic acids is 1. The van der Waals surface area contributed by atoms with Gasteiger partial charge >= 0.3 is 5.97 Å². The van der Waals surface area contributed by atoms with Gasteiger partial charge in [-0.1, -0.05) is 6.92 Å². The van der Waals surface area contributed by atoms with Crippen molar-refractivity contribution in [3.63, 3.8) is 0 Å². The van der Waals surface area contributed by atoms with E-state index < -0.39 is 42.4 Å². The van der Waals surface area contributed by atoms with Crippen LogP contribution < -0.4 is 0 Å². The molecule has 0 radical (unpaired) electrons. The molecule has 2 saturated heterocycles. The maximum Gasteiger partial charge on any atom is 0.325 e. The Kier molecular flexibility index (Phi) is 3.89. The zero-order chi connectivity index (χ0) is 15.2. The van der Waals surface area contributed by atoms with Crippen LogP contribution in [0.2, 0.25) is 0 Å². The Balaban J connectivity index is 2.37. The van der Waals surface area contributed by atoms with Gasteiger partial charge in [0.1, 0.15) is 5.54 Å². The number of sulfone groups is 1. The first-order valence-electron chi connectivity index (χ1n) is 6.61. The van der Waals surface area contributed by atoms with Crippen molar-refractivity contribution >= 4 is 25.8 Å². The summed E-state index contributed by atoms with van der Waals surface area (Å²) in [5.74, 6) is -1.69. The smallest absolute Gasteiger partial charge is 0.325 e. The lowest BCUT2D eigenvalue weighted by Gasteiger charge is -2.34. The molecular weight excluding hydrogens is 306 g/mol. The number of hydrogen-bond acceptors (Lipinski definition) is 5. The number of hydrogen-bond donors (Lipinski definition) is 1. The largest absolute Gasteiger partial charge is 0.480 e. The number of carbonyl (C=O) groups is 1. The maximum absolute atomic E-state index is 12.6. The summed E-state index contributed by atoms with van der Waals surface area (Å²) in [4.78, 5) is 11.5. The number of carboxylic acids is 1. The molecule has 2 aliphatic heterocycles. The van der Waals surface area contributed by atoms with Crippen LogP contribution >= 0.6 is 0 Å². The third-order valence-electron chi connectivity index (χ3n) is 4.33.